The van der Waals surface area contributed by atoms with Gasteiger partial charge in [0.1, 0.15) is 11.9 Å². The number of carbonyl (C=O) groups is 1. The normalized spacial score (nSPS) is 16.2. The second-order valence-corrected chi connectivity index (χ2v) is 9.09. The zero-order valence-corrected chi connectivity index (χ0v) is 20.3. The molecule has 1 aromatic carbocycles. The van der Waals surface area contributed by atoms with Gasteiger partial charge in [-0.25, -0.2) is 4.98 Å². The first kappa shape index (κ1) is 23.7. The number of nitrogens with zero attached hydrogens (tertiary/aromatic N) is 5. The number of hydrogen-bond donors (Lipinski definition) is 0. The van der Waals surface area contributed by atoms with Crippen molar-refractivity contribution >= 4 is 22.5 Å². The molecular weight excluding hydrogens is 426 g/mol. The molecule has 176 valence electrons. The van der Waals surface area contributed by atoms with Gasteiger partial charge >= 0.3 is 0 Å². The fraction of sp³-hybridized carbons (Fsp3) is 0.407. The summed E-state index contributed by atoms with van der Waals surface area (Å²) in [5, 5.41) is 12.2. The number of amides is 1. The lowest BCUT2D eigenvalue weighted by molar-refractivity contribution is -0.134. The molecule has 1 saturated heterocycles. The Hall–Kier alpha value is -3.50. The van der Waals surface area contributed by atoms with Gasteiger partial charge in [0.15, 0.2) is 0 Å². The maximum absolute atomic E-state index is 12.5. The summed E-state index contributed by atoms with van der Waals surface area (Å²) >= 11 is 0. The Balaban J connectivity index is 1.71. The molecule has 1 atom stereocenters. The number of benzene rings is 1. The minimum Gasteiger partial charge on any atom is -0.384 e. The van der Waals surface area contributed by atoms with E-state index in [1.54, 1.807) is 7.11 Å². The zero-order valence-electron chi connectivity index (χ0n) is 20.3. The minimum absolute atomic E-state index is 0.0240. The molecule has 7 heteroatoms. The van der Waals surface area contributed by atoms with Crippen LogP contribution in [0.25, 0.3) is 21.9 Å². The molecule has 1 aliphatic rings. The Kier molecular flexibility index (Phi) is 7.09. The molecule has 3 aromatic rings. The van der Waals surface area contributed by atoms with Crippen molar-refractivity contribution in [1.82, 2.24) is 14.9 Å². The fourth-order valence-corrected chi connectivity index (χ4v) is 4.68. The SMILES string of the molecule is COCCC(=O)N1CCN(c2nc(C(C)C)c(-c3cncc4ccccc34)cc2C#N)C[C@H]1C. The Morgan fingerprint density at radius 3 is 2.74 bits per heavy atom. The Labute approximate surface area is 201 Å². The predicted octanol–water partition coefficient (Wildman–Crippen LogP) is 4.37. The van der Waals surface area contributed by atoms with Crippen molar-refractivity contribution in [2.75, 3.05) is 38.3 Å². The summed E-state index contributed by atoms with van der Waals surface area (Å²) in [4.78, 5) is 26.1. The van der Waals surface area contributed by atoms with Crippen LogP contribution >= 0.6 is 0 Å². The van der Waals surface area contributed by atoms with Gasteiger partial charge in [-0.1, -0.05) is 38.1 Å². The van der Waals surface area contributed by atoms with Gasteiger partial charge in [0.25, 0.3) is 0 Å². The summed E-state index contributed by atoms with van der Waals surface area (Å²) in [6.45, 7) is 8.58. The second-order valence-electron chi connectivity index (χ2n) is 9.09. The van der Waals surface area contributed by atoms with Crippen molar-refractivity contribution in [3.05, 3.63) is 54.0 Å². The van der Waals surface area contributed by atoms with E-state index in [-0.39, 0.29) is 17.9 Å². The first-order valence-electron chi connectivity index (χ1n) is 11.8. The summed E-state index contributed by atoms with van der Waals surface area (Å²) in [6, 6.07) is 12.5. The van der Waals surface area contributed by atoms with E-state index in [1.165, 1.54) is 0 Å². The molecule has 0 N–H and O–H groups in total. The van der Waals surface area contributed by atoms with Crippen LogP contribution in [0.15, 0.2) is 42.7 Å². The van der Waals surface area contributed by atoms with Crippen molar-refractivity contribution in [3.63, 3.8) is 0 Å². The molecule has 0 unspecified atom stereocenters. The molecular formula is C27H31N5O2. The van der Waals surface area contributed by atoms with Crippen LogP contribution in [-0.4, -0.2) is 60.2 Å². The van der Waals surface area contributed by atoms with Gasteiger partial charge in [0.05, 0.1) is 24.3 Å². The first-order valence-corrected chi connectivity index (χ1v) is 11.8. The van der Waals surface area contributed by atoms with Crippen LogP contribution < -0.4 is 4.90 Å². The highest BCUT2D eigenvalue weighted by molar-refractivity contribution is 5.96. The Morgan fingerprint density at radius 1 is 1.24 bits per heavy atom. The molecule has 0 spiro atoms. The fourth-order valence-electron chi connectivity index (χ4n) is 4.68. The third kappa shape index (κ3) is 4.59. The van der Waals surface area contributed by atoms with Gasteiger partial charge in [0, 0.05) is 61.7 Å². The number of nitriles is 1. The molecule has 1 aliphatic heterocycles. The second kappa shape index (κ2) is 10.2. The molecule has 1 amide bonds. The third-order valence-electron chi connectivity index (χ3n) is 6.43. The highest BCUT2D eigenvalue weighted by Gasteiger charge is 2.30. The lowest BCUT2D eigenvalue weighted by Crippen LogP contribution is -2.54. The van der Waals surface area contributed by atoms with E-state index in [0.717, 1.165) is 27.6 Å². The van der Waals surface area contributed by atoms with E-state index in [0.29, 0.717) is 44.0 Å². The molecule has 34 heavy (non-hydrogen) atoms. The lowest BCUT2D eigenvalue weighted by Gasteiger charge is -2.41. The van der Waals surface area contributed by atoms with Crippen LogP contribution in [0.4, 0.5) is 5.82 Å². The van der Waals surface area contributed by atoms with E-state index in [9.17, 15) is 10.1 Å². The third-order valence-corrected chi connectivity index (χ3v) is 6.43. The largest absolute Gasteiger partial charge is 0.384 e. The summed E-state index contributed by atoms with van der Waals surface area (Å²) in [5.41, 5.74) is 3.41. The number of anilines is 1. The molecule has 0 aliphatic carbocycles. The standard InChI is InChI=1S/C27H31N5O2/c1-18(2)26-23(24-16-29-15-20-7-5-6-8-22(20)24)13-21(14-28)27(30-26)31-10-11-32(19(3)17-31)25(33)9-12-34-4/h5-8,13,15-16,18-19H,9-12,17H2,1-4H3/t19-/m1/s1. The van der Waals surface area contributed by atoms with E-state index in [4.69, 9.17) is 9.72 Å². The number of aromatic nitrogens is 2. The van der Waals surface area contributed by atoms with Crippen LogP contribution in [0.1, 0.15) is 44.4 Å². The van der Waals surface area contributed by atoms with E-state index >= 15 is 0 Å². The first-order chi connectivity index (χ1) is 16.4. The van der Waals surface area contributed by atoms with Crippen LogP contribution in [-0.2, 0) is 9.53 Å². The highest BCUT2D eigenvalue weighted by atomic mass is 16.5. The summed E-state index contributed by atoms with van der Waals surface area (Å²) in [5.74, 6) is 0.956. The van der Waals surface area contributed by atoms with Crippen LogP contribution in [0.5, 0.6) is 0 Å². The molecule has 4 rings (SSSR count). The molecule has 0 radical (unpaired) electrons. The molecule has 7 nitrogen and oxygen atoms in total. The Bertz CT molecular complexity index is 1230. The monoisotopic (exact) mass is 457 g/mol. The van der Waals surface area contributed by atoms with E-state index in [2.05, 4.69) is 35.9 Å². The number of hydrogen-bond acceptors (Lipinski definition) is 6. The number of rotatable bonds is 6. The smallest absolute Gasteiger partial charge is 0.225 e. The molecule has 1 fully saturated rings. The topological polar surface area (TPSA) is 82.3 Å². The molecule has 3 heterocycles. The Morgan fingerprint density at radius 2 is 2.03 bits per heavy atom. The van der Waals surface area contributed by atoms with Gasteiger partial charge in [0.2, 0.25) is 5.91 Å². The van der Waals surface area contributed by atoms with Gasteiger partial charge < -0.3 is 14.5 Å². The average molecular weight is 458 g/mol. The lowest BCUT2D eigenvalue weighted by atomic mass is 9.93. The van der Waals surface area contributed by atoms with Gasteiger partial charge in [-0.05, 0) is 24.3 Å². The minimum atomic E-state index is 0.0240. The molecule has 0 bridgehead atoms. The maximum Gasteiger partial charge on any atom is 0.225 e. The summed E-state index contributed by atoms with van der Waals surface area (Å²) in [7, 11) is 1.61. The van der Waals surface area contributed by atoms with E-state index < -0.39 is 0 Å². The van der Waals surface area contributed by atoms with Crippen LogP contribution in [0, 0.1) is 11.3 Å². The number of methoxy groups -OCH3 is 1. The number of ether oxygens (including phenoxy) is 1. The van der Waals surface area contributed by atoms with Gasteiger partial charge in [-0.3, -0.25) is 9.78 Å². The van der Waals surface area contributed by atoms with Crippen molar-refractivity contribution in [1.29, 1.82) is 5.26 Å². The van der Waals surface area contributed by atoms with Crippen molar-refractivity contribution in [3.8, 4) is 17.2 Å². The molecule has 2 aromatic heterocycles. The van der Waals surface area contributed by atoms with E-state index in [1.807, 2.05) is 48.5 Å². The number of fused-ring (bicyclic) bond motifs is 1. The summed E-state index contributed by atoms with van der Waals surface area (Å²) < 4.78 is 5.06. The van der Waals surface area contributed by atoms with Crippen LogP contribution in [0.3, 0.4) is 0 Å². The molecule has 0 saturated carbocycles. The zero-order chi connectivity index (χ0) is 24.2. The van der Waals surface area contributed by atoms with Gasteiger partial charge in [-0.2, -0.15) is 5.26 Å². The van der Waals surface area contributed by atoms with Crippen LogP contribution in [0.2, 0.25) is 0 Å². The summed E-state index contributed by atoms with van der Waals surface area (Å²) in [6.07, 6.45) is 4.10. The maximum atomic E-state index is 12.5. The quantitative estimate of drug-likeness (QED) is 0.547. The van der Waals surface area contributed by atoms with Gasteiger partial charge in [-0.15, -0.1) is 0 Å². The van der Waals surface area contributed by atoms with Crippen molar-refractivity contribution in [2.45, 2.75) is 39.2 Å². The average Bonchev–Trinajstić information content (AvgIpc) is 2.86. The van der Waals surface area contributed by atoms with Crippen molar-refractivity contribution < 1.29 is 9.53 Å². The predicted molar refractivity (Wildman–Crippen MR) is 134 cm³/mol. The number of carbonyl (C=O) groups excluding carboxylic acids is 1. The number of piperazine rings is 1. The van der Waals surface area contributed by atoms with Crippen molar-refractivity contribution in [2.24, 2.45) is 0 Å². The highest BCUT2D eigenvalue weighted by Crippen LogP contribution is 2.36. The number of pyridine rings is 2.